The van der Waals surface area contributed by atoms with E-state index >= 15 is 0 Å². The van der Waals surface area contributed by atoms with E-state index in [4.69, 9.17) is 18.9 Å². The van der Waals surface area contributed by atoms with E-state index in [-0.39, 0.29) is 19.5 Å². The molecule has 1 aromatic heterocycles. The van der Waals surface area contributed by atoms with Gasteiger partial charge in [-0.1, -0.05) is 0 Å². The van der Waals surface area contributed by atoms with Crippen molar-refractivity contribution in [2.24, 2.45) is 0 Å². The highest BCUT2D eigenvalue weighted by Gasteiger charge is 2.17. The van der Waals surface area contributed by atoms with Crippen LogP contribution in [0.5, 0.6) is 11.6 Å². The lowest BCUT2D eigenvalue weighted by molar-refractivity contribution is 0.0384. The van der Waals surface area contributed by atoms with E-state index in [1.54, 1.807) is 13.0 Å². The minimum Gasteiger partial charge on any atom is -0.467 e. The first kappa shape index (κ1) is 13.7. The molecule has 1 atom stereocenters. The summed E-state index contributed by atoms with van der Waals surface area (Å²) in [4.78, 5) is 4.02. The molecule has 1 rings (SSSR count). The number of methoxy groups -OCH3 is 2. The van der Waals surface area contributed by atoms with Gasteiger partial charge in [-0.25, -0.2) is 4.98 Å². The number of hydrogen-bond acceptors (Lipinski definition) is 6. The van der Waals surface area contributed by atoms with Crippen molar-refractivity contribution in [3.8, 4) is 11.6 Å². The zero-order chi connectivity index (χ0) is 12.7. The van der Waals surface area contributed by atoms with Crippen molar-refractivity contribution in [1.82, 2.24) is 4.98 Å². The Labute approximate surface area is 100 Å². The molecule has 1 unspecified atom stereocenters. The normalized spacial score (nSPS) is 12.2. The predicted octanol–water partition coefficient (Wildman–Crippen LogP) is 1.10. The second-order valence-corrected chi connectivity index (χ2v) is 3.31. The fourth-order valence-electron chi connectivity index (χ4n) is 1.30. The lowest BCUT2D eigenvalue weighted by Gasteiger charge is -2.16. The minimum absolute atomic E-state index is 0.0560. The van der Waals surface area contributed by atoms with Crippen molar-refractivity contribution in [1.29, 1.82) is 0 Å². The van der Waals surface area contributed by atoms with Crippen LogP contribution in [0.1, 0.15) is 18.6 Å². The summed E-state index contributed by atoms with van der Waals surface area (Å²) in [5.74, 6) is 0.762. The van der Waals surface area contributed by atoms with E-state index in [1.807, 2.05) is 0 Å². The number of hydrogen-bond donors (Lipinski definition) is 1. The van der Waals surface area contributed by atoms with Crippen molar-refractivity contribution >= 4 is 0 Å². The lowest BCUT2D eigenvalue weighted by atomic mass is 10.1. The summed E-state index contributed by atoms with van der Waals surface area (Å²) in [5.41, 5.74) is 0.474. The largest absolute Gasteiger partial charge is 0.467 e. The number of ether oxygens (including phenoxy) is 4. The summed E-state index contributed by atoms with van der Waals surface area (Å²) in [7, 11) is 3.03. The van der Waals surface area contributed by atoms with Crippen LogP contribution >= 0.6 is 0 Å². The van der Waals surface area contributed by atoms with Gasteiger partial charge in [0.15, 0.2) is 13.6 Å². The van der Waals surface area contributed by atoms with Crippen LogP contribution in [0.4, 0.5) is 0 Å². The summed E-state index contributed by atoms with van der Waals surface area (Å²) in [6.07, 6.45) is 0.768. The van der Waals surface area contributed by atoms with E-state index in [1.165, 1.54) is 20.4 Å². The van der Waals surface area contributed by atoms with Crippen molar-refractivity contribution in [2.75, 3.05) is 27.8 Å². The highest BCUT2D eigenvalue weighted by Crippen LogP contribution is 2.32. The Balaban J connectivity index is 2.95. The second kappa shape index (κ2) is 7.05. The number of pyridine rings is 1. The van der Waals surface area contributed by atoms with E-state index < -0.39 is 6.10 Å². The van der Waals surface area contributed by atoms with Gasteiger partial charge < -0.3 is 24.1 Å². The maximum atomic E-state index is 9.70. The molecule has 0 spiro atoms. The summed E-state index contributed by atoms with van der Waals surface area (Å²) in [5, 5.41) is 9.70. The molecule has 1 aromatic rings. The second-order valence-electron chi connectivity index (χ2n) is 3.31. The third-order valence-electron chi connectivity index (χ3n) is 1.98. The Kier molecular flexibility index (Phi) is 5.68. The lowest BCUT2D eigenvalue weighted by Crippen LogP contribution is -2.09. The smallest absolute Gasteiger partial charge is 0.225 e. The number of rotatable bonds is 7. The van der Waals surface area contributed by atoms with Crippen LogP contribution in [0, 0.1) is 0 Å². The Morgan fingerprint density at radius 3 is 2.47 bits per heavy atom. The molecule has 0 fully saturated rings. The summed E-state index contributed by atoms with van der Waals surface area (Å²) in [6.45, 7) is 1.75. The van der Waals surface area contributed by atoms with Crippen LogP contribution in [0.2, 0.25) is 0 Å². The molecule has 0 radical (unpaired) electrons. The first-order chi connectivity index (χ1) is 8.20. The fourth-order valence-corrected chi connectivity index (χ4v) is 1.30. The number of aliphatic hydroxyl groups is 1. The molecule has 1 N–H and O–H groups in total. The first-order valence-electron chi connectivity index (χ1n) is 5.11. The number of aromatic nitrogens is 1. The molecule has 0 aromatic carbocycles. The van der Waals surface area contributed by atoms with Gasteiger partial charge in [-0.2, -0.15) is 0 Å². The zero-order valence-electron chi connectivity index (χ0n) is 10.2. The van der Waals surface area contributed by atoms with Crippen LogP contribution in [0.3, 0.4) is 0 Å². The highest BCUT2D eigenvalue weighted by atomic mass is 16.7. The molecule has 1 heterocycles. The van der Waals surface area contributed by atoms with Crippen LogP contribution in [-0.2, 0) is 9.47 Å². The fraction of sp³-hybridized carbons (Fsp3) is 0.545. The van der Waals surface area contributed by atoms with E-state index in [0.717, 1.165) is 0 Å². The molecule has 96 valence electrons. The van der Waals surface area contributed by atoms with Crippen LogP contribution in [0.15, 0.2) is 12.3 Å². The van der Waals surface area contributed by atoms with Crippen LogP contribution in [-0.4, -0.2) is 37.9 Å². The molecule has 0 aliphatic carbocycles. The van der Waals surface area contributed by atoms with E-state index in [9.17, 15) is 5.11 Å². The zero-order valence-corrected chi connectivity index (χ0v) is 10.2. The molecule has 0 saturated heterocycles. The monoisotopic (exact) mass is 243 g/mol. The average Bonchev–Trinajstić information content (AvgIpc) is 2.33. The maximum absolute atomic E-state index is 9.70. The molecule has 6 nitrogen and oxygen atoms in total. The molecule has 0 aliphatic rings. The summed E-state index contributed by atoms with van der Waals surface area (Å²) in [6, 6.07) is 1.64. The quantitative estimate of drug-likeness (QED) is 0.723. The van der Waals surface area contributed by atoms with Gasteiger partial charge in [-0.3, -0.25) is 0 Å². The van der Waals surface area contributed by atoms with Crippen molar-refractivity contribution < 1.29 is 24.1 Å². The standard InChI is InChI=1S/C11H17NO5/c1-8(13)10-9(16-6-14-2)4-5-12-11(10)17-7-15-3/h4-5,8,13H,6-7H2,1-3H3. The topological polar surface area (TPSA) is 70.0 Å². The SMILES string of the molecule is COCOc1ccnc(OCOC)c1C(C)O. The van der Waals surface area contributed by atoms with Gasteiger partial charge in [-0.05, 0) is 13.0 Å². The highest BCUT2D eigenvalue weighted by molar-refractivity contribution is 5.41. The van der Waals surface area contributed by atoms with Crippen LogP contribution in [0.25, 0.3) is 0 Å². The van der Waals surface area contributed by atoms with Crippen LogP contribution < -0.4 is 9.47 Å². The van der Waals surface area contributed by atoms with Gasteiger partial charge in [0.2, 0.25) is 5.88 Å². The van der Waals surface area contributed by atoms with Gasteiger partial charge >= 0.3 is 0 Å². The first-order valence-corrected chi connectivity index (χ1v) is 5.11. The Bertz CT molecular complexity index is 316. The third kappa shape index (κ3) is 3.85. The molecule has 0 saturated carbocycles. The molecule has 0 aliphatic heterocycles. The van der Waals surface area contributed by atoms with Crippen molar-refractivity contribution in [3.63, 3.8) is 0 Å². The maximum Gasteiger partial charge on any atom is 0.225 e. The van der Waals surface area contributed by atoms with Gasteiger partial charge in [-0.15, -0.1) is 0 Å². The van der Waals surface area contributed by atoms with Gasteiger partial charge in [0.05, 0.1) is 11.7 Å². The summed E-state index contributed by atoms with van der Waals surface area (Å²) >= 11 is 0. The van der Waals surface area contributed by atoms with Gasteiger partial charge in [0.25, 0.3) is 0 Å². The Hall–Kier alpha value is -1.37. The molecule has 0 amide bonds. The summed E-state index contributed by atoms with van der Waals surface area (Å²) < 4.78 is 20.2. The minimum atomic E-state index is -0.762. The molecule has 6 heteroatoms. The Morgan fingerprint density at radius 2 is 1.88 bits per heavy atom. The Morgan fingerprint density at radius 1 is 1.24 bits per heavy atom. The number of aliphatic hydroxyl groups excluding tert-OH is 1. The molecular formula is C11H17NO5. The third-order valence-corrected chi connectivity index (χ3v) is 1.98. The average molecular weight is 243 g/mol. The van der Waals surface area contributed by atoms with Gasteiger partial charge in [0.1, 0.15) is 5.75 Å². The number of nitrogens with zero attached hydrogens (tertiary/aromatic N) is 1. The predicted molar refractivity (Wildman–Crippen MR) is 59.9 cm³/mol. The molecule has 17 heavy (non-hydrogen) atoms. The van der Waals surface area contributed by atoms with E-state index in [2.05, 4.69) is 4.98 Å². The molecule has 0 bridgehead atoms. The van der Waals surface area contributed by atoms with Crippen molar-refractivity contribution in [2.45, 2.75) is 13.0 Å². The molecular weight excluding hydrogens is 226 g/mol. The van der Waals surface area contributed by atoms with Crippen molar-refractivity contribution in [3.05, 3.63) is 17.8 Å². The van der Waals surface area contributed by atoms with Gasteiger partial charge in [0, 0.05) is 20.4 Å². The van der Waals surface area contributed by atoms with E-state index in [0.29, 0.717) is 11.3 Å².